The summed E-state index contributed by atoms with van der Waals surface area (Å²) in [6, 6.07) is 15.8. The average Bonchev–Trinajstić information content (AvgIpc) is 3.11. The Morgan fingerprint density at radius 3 is 2.54 bits per heavy atom. The summed E-state index contributed by atoms with van der Waals surface area (Å²) in [7, 11) is 0. The summed E-state index contributed by atoms with van der Waals surface area (Å²) < 4.78 is 5.45. The molecule has 0 saturated carbocycles. The number of aliphatic hydroxyl groups is 4. The van der Waals surface area contributed by atoms with E-state index in [-0.39, 0.29) is 0 Å². The molecule has 1 saturated heterocycles. The first-order chi connectivity index (χ1) is 13.5. The van der Waals surface area contributed by atoms with Gasteiger partial charge in [-0.05, 0) is 30.3 Å². The Morgan fingerprint density at radius 2 is 1.79 bits per heavy atom. The summed E-state index contributed by atoms with van der Waals surface area (Å²) in [4.78, 5) is 9.70. The molecular weight excluding hydrogens is 382 g/mol. The van der Waals surface area contributed by atoms with Gasteiger partial charge in [-0.25, -0.2) is 4.98 Å². The number of aromatic nitrogens is 2. The molecule has 28 heavy (non-hydrogen) atoms. The maximum absolute atomic E-state index is 10.1. The molecular formula is C19H21N3O5S. The van der Waals surface area contributed by atoms with Crippen molar-refractivity contribution in [2.45, 2.75) is 40.4 Å². The van der Waals surface area contributed by atoms with Gasteiger partial charge < -0.3 is 35.5 Å². The fourth-order valence-corrected chi connectivity index (χ4v) is 3.98. The molecule has 9 heteroatoms. The Morgan fingerprint density at radius 1 is 1.00 bits per heavy atom. The molecule has 6 N–H and O–H groups in total. The minimum Gasteiger partial charge on any atom is -0.394 e. The maximum Gasteiger partial charge on any atom is 0.203 e. The highest BCUT2D eigenvalue weighted by atomic mass is 32.2. The Balaban J connectivity index is 1.51. The van der Waals surface area contributed by atoms with Crippen LogP contribution in [0.15, 0.2) is 58.3 Å². The van der Waals surface area contributed by atoms with E-state index < -0.39 is 37.3 Å². The van der Waals surface area contributed by atoms with E-state index in [1.54, 1.807) is 11.8 Å². The first kappa shape index (κ1) is 19.2. The van der Waals surface area contributed by atoms with Crippen molar-refractivity contribution in [1.82, 2.24) is 9.97 Å². The van der Waals surface area contributed by atoms with Gasteiger partial charge in [0, 0.05) is 9.79 Å². The number of aromatic amines is 1. The lowest BCUT2D eigenvalue weighted by molar-refractivity contribution is -0.221. The van der Waals surface area contributed by atoms with Crippen LogP contribution in [0, 0.1) is 0 Å². The first-order valence-electron chi connectivity index (χ1n) is 8.85. The normalized spacial score (nSPS) is 27.8. The van der Waals surface area contributed by atoms with Gasteiger partial charge in [0.05, 0.1) is 17.6 Å². The molecule has 5 atom stereocenters. The van der Waals surface area contributed by atoms with Crippen molar-refractivity contribution in [3.05, 3.63) is 48.5 Å². The SMILES string of the molecule is OCC1OC(Nc2nc3ccc(Sc4ccccc4)cc3[nH]2)C(O)C(O)C1O. The van der Waals surface area contributed by atoms with Gasteiger partial charge in [0.25, 0.3) is 0 Å². The van der Waals surface area contributed by atoms with Crippen molar-refractivity contribution < 1.29 is 25.2 Å². The highest BCUT2D eigenvalue weighted by Gasteiger charge is 2.43. The van der Waals surface area contributed by atoms with Crippen molar-refractivity contribution in [2.75, 3.05) is 11.9 Å². The molecule has 1 aliphatic heterocycles. The third-order valence-corrected chi connectivity index (χ3v) is 5.60. The third-order valence-electron chi connectivity index (χ3n) is 4.60. The molecule has 1 aromatic heterocycles. The Hall–Kier alpha value is -2.14. The molecule has 0 radical (unpaired) electrons. The number of H-pyrrole nitrogens is 1. The lowest BCUT2D eigenvalue weighted by atomic mass is 9.98. The van der Waals surface area contributed by atoms with Crippen LogP contribution in [-0.4, -0.2) is 67.6 Å². The van der Waals surface area contributed by atoms with Crippen LogP contribution >= 0.6 is 11.8 Å². The fraction of sp³-hybridized carbons (Fsp3) is 0.316. The molecule has 2 heterocycles. The molecule has 148 valence electrons. The molecule has 8 nitrogen and oxygen atoms in total. The second-order valence-corrected chi connectivity index (χ2v) is 7.72. The summed E-state index contributed by atoms with van der Waals surface area (Å²) in [5, 5.41) is 42.1. The van der Waals surface area contributed by atoms with E-state index in [0.29, 0.717) is 5.95 Å². The highest BCUT2D eigenvalue weighted by Crippen LogP contribution is 2.30. The molecule has 0 spiro atoms. The zero-order valence-corrected chi connectivity index (χ0v) is 15.6. The zero-order valence-electron chi connectivity index (χ0n) is 14.8. The van der Waals surface area contributed by atoms with Gasteiger partial charge in [0.1, 0.15) is 24.4 Å². The van der Waals surface area contributed by atoms with Gasteiger partial charge in [-0.1, -0.05) is 30.0 Å². The van der Waals surface area contributed by atoms with Gasteiger partial charge in [-0.3, -0.25) is 0 Å². The number of imidazole rings is 1. The van der Waals surface area contributed by atoms with Crippen molar-refractivity contribution in [3.8, 4) is 0 Å². The number of benzene rings is 2. The number of nitrogens with zero attached hydrogens (tertiary/aromatic N) is 1. The standard InChI is InChI=1S/C19H21N3O5S/c23-9-14-15(24)16(25)17(26)18(27-14)22-19-20-12-7-6-11(8-13(12)21-19)28-10-4-2-1-3-5-10/h1-8,14-18,23-26H,9H2,(H2,20,21,22). The number of aliphatic hydroxyl groups excluding tert-OH is 4. The smallest absolute Gasteiger partial charge is 0.203 e. The molecule has 0 aliphatic carbocycles. The molecule has 3 aromatic rings. The van der Waals surface area contributed by atoms with Crippen LogP contribution in [-0.2, 0) is 4.74 Å². The van der Waals surface area contributed by atoms with Crippen LogP contribution in [0.25, 0.3) is 11.0 Å². The van der Waals surface area contributed by atoms with Crippen LogP contribution in [0.3, 0.4) is 0 Å². The second-order valence-electron chi connectivity index (χ2n) is 6.57. The number of nitrogens with one attached hydrogen (secondary N) is 2. The average molecular weight is 403 g/mol. The first-order valence-corrected chi connectivity index (χ1v) is 9.66. The van der Waals surface area contributed by atoms with Crippen LogP contribution in [0.4, 0.5) is 5.95 Å². The lowest BCUT2D eigenvalue weighted by Crippen LogP contribution is -2.60. The van der Waals surface area contributed by atoms with E-state index >= 15 is 0 Å². The second kappa shape index (κ2) is 8.08. The Kier molecular flexibility index (Phi) is 5.54. The minimum absolute atomic E-state index is 0.348. The van der Waals surface area contributed by atoms with E-state index in [1.165, 1.54) is 0 Å². The maximum atomic E-state index is 10.1. The number of anilines is 1. The van der Waals surface area contributed by atoms with Gasteiger partial charge in [-0.2, -0.15) is 0 Å². The Labute approximate surface area is 165 Å². The molecule has 4 rings (SSSR count). The summed E-state index contributed by atoms with van der Waals surface area (Å²) in [5.74, 6) is 0.348. The third kappa shape index (κ3) is 3.86. The van der Waals surface area contributed by atoms with E-state index in [9.17, 15) is 20.4 Å². The molecule has 1 aliphatic rings. The predicted octanol–water partition coefficient (Wildman–Crippen LogP) is 0.926. The van der Waals surface area contributed by atoms with E-state index in [2.05, 4.69) is 15.3 Å². The molecule has 0 bridgehead atoms. The zero-order chi connectivity index (χ0) is 19.7. The molecule has 2 aromatic carbocycles. The monoisotopic (exact) mass is 403 g/mol. The van der Waals surface area contributed by atoms with Crippen molar-refractivity contribution in [3.63, 3.8) is 0 Å². The summed E-state index contributed by atoms with van der Waals surface area (Å²) in [6.07, 6.45) is -6.23. The van der Waals surface area contributed by atoms with Gasteiger partial charge in [-0.15, -0.1) is 0 Å². The largest absolute Gasteiger partial charge is 0.394 e. The number of hydrogen-bond acceptors (Lipinski definition) is 8. The molecule has 5 unspecified atom stereocenters. The van der Waals surface area contributed by atoms with Crippen molar-refractivity contribution >= 4 is 28.7 Å². The number of ether oxygens (including phenoxy) is 1. The van der Waals surface area contributed by atoms with Gasteiger partial charge in [0.15, 0.2) is 6.23 Å². The van der Waals surface area contributed by atoms with Crippen LogP contribution in [0.2, 0.25) is 0 Å². The van der Waals surface area contributed by atoms with Gasteiger partial charge in [0.2, 0.25) is 5.95 Å². The highest BCUT2D eigenvalue weighted by molar-refractivity contribution is 7.99. The number of hydrogen-bond donors (Lipinski definition) is 6. The Bertz CT molecular complexity index is 936. The minimum atomic E-state index is -1.44. The summed E-state index contributed by atoms with van der Waals surface area (Å²) in [6.45, 7) is -0.483. The lowest BCUT2D eigenvalue weighted by Gasteiger charge is -2.40. The van der Waals surface area contributed by atoms with Crippen LogP contribution in [0.5, 0.6) is 0 Å². The van der Waals surface area contributed by atoms with E-state index in [4.69, 9.17) is 4.74 Å². The number of fused-ring (bicyclic) bond motifs is 1. The van der Waals surface area contributed by atoms with E-state index in [0.717, 1.165) is 20.8 Å². The van der Waals surface area contributed by atoms with Crippen molar-refractivity contribution in [1.29, 1.82) is 0 Å². The number of rotatable bonds is 5. The molecule has 1 fully saturated rings. The fourth-order valence-electron chi connectivity index (χ4n) is 3.10. The summed E-state index contributed by atoms with van der Waals surface area (Å²) in [5.41, 5.74) is 1.53. The van der Waals surface area contributed by atoms with Crippen LogP contribution < -0.4 is 5.32 Å². The summed E-state index contributed by atoms with van der Waals surface area (Å²) >= 11 is 1.63. The topological polar surface area (TPSA) is 131 Å². The van der Waals surface area contributed by atoms with Gasteiger partial charge >= 0.3 is 0 Å². The molecule has 0 amide bonds. The van der Waals surface area contributed by atoms with Crippen LogP contribution in [0.1, 0.15) is 0 Å². The predicted molar refractivity (Wildman–Crippen MR) is 104 cm³/mol. The van der Waals surface area contributed by atoms with E-state index in [1.807, 2.05) is 48.5 Å². The van der Waals surface area contributed by atoms with Crippen molar-refractivity contribution in [2.24, 2.45) is 0 Å². The quantitative estimate of drug-likeness (QED) is 0.371.